The van der Waals surface area contributed by atoms with Crippen LogP contribution in [0, 0.1) is 5.92 Å². The molecule has 1 heterocycles. The monoisotopic (exact) mass is 370 g/mol. The fourth-order valence-electron chi connectivity index (χ4n) is 3.34. The second-order valence-electron chi connectivity index (χ2n) is 6.53. The predicted molar refractivity (Wildman–Crippen MR) is 92.8 cm³/mol. The van der Waals surface area contributed by atoms with Gasteiger partial charge in [-0.2, -0.15) is 0 Å². The van der Waals surface area contributed by atoms with Crippen molar-refractivity contribution >= 4 is 35.2 Å². The van der Waals surface area contributed by atoms with Crippen molar-refractivity contribution in [1.82, 2.24) is 9.80 Å². The SMILES string of the molecule is O=C(O)N1CC[C@H](N(CC2CCC2)C(=O)c2cccc(Cl)c2Cl)C1. The van der Waals surface area contributed by atoms with E-state index < -0.39 is 6.09 Å². The second kappa shape index (κ2) is 7.19. The molecule has 130 valence electrons. The molecule has 1 saturated carbocycles. The number of halogens is 2. The quantitative estimate of drug-likeness (QED) is 0.871. The van der Waals surface area contributed by atoms with Gasteiger partial charge in [0, 0.05) is 19.6 Å². The zero-order valence-electron chi connectivity index (χ0n) is 13.3. The number of hydrogen-bond acceptors (Lipinski definition) is 2. The van der Waals surface area contributed by atoms with Crippen LogP contribution >= 0.6 is 23.2 Å². The molecular weight excluding hydrogens is 351 g/mol. The molecule has 24 heavy (non-hydrogen) atoms. The minimum atomic E-state index is -0.936. The summed E-state index contributed by atoms with van der Waals surface area (Å²) in [7, 11) is 0. The van der Waals surface area contributed by atoms with Crippen LogP contribution in [0.4, 0.5) is 4.79 Å². The summed E-state index contributed by atoms with van der Waals surface area (Å²) in [6.07, 6.45) is 3.14. The lowest BCUT2D eigenvalue weighted by molar-refractivity contribution is 0.0601. The third-order valence-corrected chi connectivity index (χ3v) is 5.82. The van der Waals surface area contributed by atoms with Crippen LogP contribution in [0.15, 0.2) is 18.2 Å². The Bertz CT molecular complexity index is 649. The van der Waals surface area contributed by atoms with Crippen molar-refractivity contribution in [3.8, 4) is 0 Å². The summed E-state index contributed by atoms with van der Waals surface area (Å²) in [5.41, 5.74) is 0.386. The average molecular weight is 371 g/mol. The van der Waals surface area contributed by atoms with E-state index in [1.54, 1.807) is 18.2 Å². The molecule has 1 aliphatic carbocycles. The van der Waals surface area contributed by atoms with Gasteiger partial charge in [-0.3, -0.25) is 4.79 Å². The molecule has 0 aromatic heterocycles. The van der Waals surface area contributed by atoms with Crippen LogP contribution < -0.4 is 0 Å². The van der Waals surface area contributed by atoms with E-state index in [4.69, 9.17) is 23.2 Å². The molecule has 1 N–H and O–H groups in total. The van der Waals surface area contributed by atoms with Gasteiger partial charge in [-0.1, -0.05) is 35.7 Å². The maximum atomic E-state index is 13.1. The third kappa shape index (κ3) is 3.47. The molecule has 1 aromatic carbocycles. The van der Waals surface area contributed by atoms with Crippen LogP contribution in [0.25, 0.3) is 0 Å². The van der Waals surface area contributed by atoms with E-state index in [1.807, 2.05) is 4.90 Å². The van der Waals surface area contributed by atoms with Gasteiger partial charge in [0.2, 0.25) is 0 Å². The lowest BCUT2D eigenvalue weighted by atomic mass is 9.84. The summed E-state index contributed by atoms with van der Waals surface area (Å²) in [5.74, 6) is 0.331. The normalized spacial score (nSPS) is 20.8. The highest BCUT2D eigenvalue weighted by Gasteiger charge is 2.36. The Kier molecular flexibility index (Phi) is 5.21. The molecule has 1 aromatic rings. The Hall–Kier alpha value is -1.46. The van der Waals surface area contributed by atoms with Crippen LogP contribution in [0.3, 0.4) is 0 Å². The third-order valence-electron chi connectivity index (χ3n) is 5.00. The molecule has 1 saturated heterocycles. The van der Waals surface area contributed by atoms with E-state index in [-0.39, 0.29) is 17.0 Å². The standard InChI is InChI=1S/C17H20Cl2N2O3/c18-14-6-2-5-13(15(14)19)16(22)21(9-11-3-1-4-11)12-7-8-20(10-12)17(23)24/h2,5-6,11-12H,1,3-4,7-10H2,(H,23,24)/t12-/m0/s1. The number of amides is 2. The highest BCUT2D eigenvalue weighted by atomic mass is 35.5. The average Bonchev–Trinajstić information content (AvgIpc) is 2.98. The minimum Gasteiger partial charge on any atom is -0.465 e. The Morgan fingerprint density at radius 1 is 1.25 bits per heavy atom. The predicted octanol–water partition coefficient (Wildman–Crippen LogP) is 3.99. The lowest BCUT2D eigenvalue weighted by Gasteiger charge is -2.36. The number of benzene rings is 1. The number of carboxylic acid groups (broad SMARTS) is 1. The number of rotatable bonds is 4. The fourth-order valence-corrected chi connectivity index (χ4v) is 3.73. The first-order valence-electron chi connectivity index (χ1n) is 8.20. The van der Waals surface area contributed by atoms with E-state index >= 15 is 0 Å². The highest BCUT2D eigenvalue weighted by Crippen LogP contribution is 2.32. The first-order chi connectivity index (χ1) is 11.5. The van der Waals surface area contributed by atoms with Crippen molar-refractivity contribution in [3.05, 3.63) is 33.8 Å². The molecule has 2 aliphatic rings. The van der Waals surface area contributed by atoms with Crippen LogP contribution in [0.5, 0.6) is 0 Å². The molecule has 5 nitrogen and oxygen atoms in total. The largest absolute Gasteiger partial charge is 0.465 e. The van der Waals surface area contributed by atoms with E-state index in [0.717, 1.165) is 12.8 Å². The molecule has 0 bridgehead atoms. The van der Waals surface area contributed by atoms with Crippen molar-refractivity contribution in [2.24, 2.45) is 5.92 Å². The number of nitrogens with zero attached hydrogens (tertiary/aromatic N) is 2. The maximum Gasteiger partial charge on any atom is 0.407 e. The van der Waals surface area contributed by atoms with Crippen LogP contribution in [-0.2, 0) is 0 Å². The van der Waals surface area contributed by atoms with Crippen molar-refractivity contribution in [1.29, 1.82) is 0 Å². The smallest absolute Gasteiger partial charge is 0.407 e. The molecule has 0 spiro atoms. The van der Waals surface area contributed by atoms with Gasteiger partial charge in [-0.05, 0) is 37.3 Å². The zero-order valence-corrected chi connectivity index (χ0v) is 14.8. The summed E-state index contributed by atoms with van der Waals surface area (Å²) in [5, 5.41) is 9.78. The molecule has 2 amide bonds. The Morgan fingerprint density at radius 3 is 2.58 bits per heavy atom. The molecular formula is C17H20Cl2N2O3. The van der Waals surface area contributed by atoms with Gasteiger partial charge in [0.1, 0.15) is 0 Å². The molecule has 7 heteroatoms. The van der Waals surface area contributed by atoms with E-state index in [9.17, 15) is 14.7 Å². The Labute approximate surface area is 151 Å². The first kappa shape index (κ1) is 17.4. The van der Waals surface area contributed by atoms with Gasteiger partial charge in [0.05, 0.1) is 21.7 Å². The molecule has 1 atom stereocenters. The lowest BCUT2D eigenvalue weighted by Crippen LogP contribution is -2.46. The van der Waals surface area contributed by atoms with Gasteiger partial charge in [0.15, 0.2) is 0 Å². The van der Waals surface area contributed by atoms with Crippen LogP contribution in [0.1, 0.15) is 36.0 Å². The Morgan fingerprint density at radius 2 is 2.00 bits per heavy atom. The van der Waals surface area contributed by atoms with Gasteiger partial charge < -0.3 is 14.9 Å². The maximum absolute atomic E-state index is 13.1. The molecule has 1 aliphatic heterocycles. The number of hydrogen-bond donors (Lipinski definition) is 1. The number of carbonyl (C=O) groups is 2. The minimum absolute atomic E-state index is 0.107. The zero-order chi connectivity index (χ0) is 17.3. The van der Waals surface area contributed by atoms with Gasteiger partial charge in [-0.25, -0.2) is 4.79 Å². The second-order valence-corrected chi connectivity index (χ2v) is 7.31. The highest BCUT2D eigenvalue weighted by molar-refractivity contribution is 6.43. The Balaban J connectivity index is 1.82. The first-order valence-corrected chi connectivity index (χ1v) is 8.96. The summed E-state index contributed by atoms with van der Waals surface area (Å²) in [6.45, 7) is 1.46. The van der Waals surface area contributed by atoms with E-state index in [0.29, 0.717) is 42.6 Å². The van der Waals surface area contributed by atoms with Crippen molar-refractivity contribution < 1.29 is 14.7 Å². The molecule has 3 rings (SSSR count). The number of likely N-dealkylation sites (tertiary alicyclic amines) is 1. The van der Waals surface area contributed by atoms with Crippen molar-refractivity contribution in [3.63, 3.8) is 0 Å². The summed E-state index contributed by atoms with van der Waals surface area (Å²) >= 11 is 12.3. The molecule has 2 fully saturated rings. The van der Waals surface area contributed by atoms with Gasteiger partial charge in [-0.15, -0.1) is 0 Å². The van der Waals surface area contributed by atoms with Gasteiger partial charge >= 0.3 is 6.09 Å². The van der Waals surface area contributed by atoms with Gasteiger partial charge in [0.25, 0.3) is 5.91 Å². The van der Waals surface area contributed by atoms with Crippen LogP contribution in [0.2, 0.25) is 10.0 Å². The summed E-state index contributed by atoms with van der Waals surface area (Å²) in [6, 6.07) is 4.93. The topological polar surface area (TPSA) is 60.9 Å². The molecule has 0 unspecified atom stereocenters. The van der Waals surface area contributed by atoms with E-state index in [1.165, 1.54) is 11.3 Å². The number of carbonyl (C=O) groups excluding carboxylic acids is 1. The summed E-state index contributed by atoms with van der Waals surface area (Å²) in [4.78, 5) is 27.4. The van der Waals surface area contributed by atoms with E-state index in [2.05, 4.69) is 0 Å². The van der Waals surface area contributed by atoms with Crippen molar-refractivity contribution in [2.45, 2.75) is 31.7 Å². The summed E-state index contributed by atoms with van der Waals surface area (Å²) < 4.78 is 0. The van der Waals surface area contributed by atoms with Crippen molar-refractivity contribution in [2.75, 3.05) is 19.6 Å². The van der Waals surface area contributed by atoms with Crippen LogP contribution in [-0.4, -0.2) is 52.6 Å². The molecule has 0 radical (unpaired) electrons. The fraction of sp³-hybridized carbons (Fsp3) is 0.529.